The van der Waals surface area contributed by atoms with Crippen LogP contribution >= 0.6 is 11.3 Å². The fourth-order valence-electron chi connectivity index (χ4n) is 2.34. The summed E-state index contributed by atoms with van der Waals surface area (Å²) in [5, 5.41) is 3.25. The molecule has 0 N–H and O–H groups in total. The summed E-state index contributed by atoms with van der Waals surface area (Å²) >= 11 is 1.71. The van der Waals surface area contributed by atoms with Gasteiger partial charge in [-0.05, 0) is 31.0 Å². The summed E-state index contributed by atoms with van der Waals surface area (Å²) in [6.45, 7) is 4.02. The van der Waals surface area contributed by atoms with Gasteiger partial charge in [0, 0.05) is 23.7 Å². The van der Waals surface area contributed by atoms with Crippen LogP contribution in [-0.4, -0.2) is 16.4 Å². The van der Waals surface area contributed by atoms with E-state index in [4.69, 9.17) is 0 Å². The second kappa shape index (κ2) is 4.78. The number of rotatable bonds is 3. The van der Waals surface area contributed by atoms with Crippen molar-refractivity contribution in [2.24, 2.45) is 0 Å². The first-order valence-electron chi connectivity index (χ1n) is 6.13. The summed E-state index contributed by atoms with van der Waals surface area (Å²) in [6, 6.07) is 7.28. The third kappa shape index (κ3) is 2.31. The van der Waals surface area contributed by atoms with Crippen molar-refractivity contribution in [3.63, 3.8) is 0 Å². The molecule has 0 radical (unpaired) electrons. The molecule has 2 nitrogen and oxygen atoms in total. The van der Waals surface area contributed by atoms with E-state index >= 15 is 0 Å². The summed E-state index contributed by atoms with van der Waals surface area (Å²) in [5.74, 6) is -0.167. The number of hydrogen-bond donors (Lipinski definition) is 0. The van der Waals surface area contributed by atoms with Crippen LogP contribution in [0.15, 0.2) is 29.6 Å². The zero-order valence-electron chi connectivity index (χ0n) is 10.3. The first kappa shape index (κ1) is 11.8. The summed E-state index contributed by atoms with van der Waals surface area (Å²) in [7, 11) is 0. The second-order valence-electron chi connectivity index (χ2n) is 4.71. The van der Waals surface area contributed by atoms with Crippen molar-refractivity contribution >= 4 is 11.3 Å². The lowest BCUT2D eigenvalue weighted by molar-refractivity contribution is 0.0817. The van der Waals surface area contributed by atoms with Crippen molar-refractivity contribution in [1.29, 1.82) is 0 Å². The van der Waals surface area contributed by atoms with Gasteiger partial charge in [-0.3, -0.25) is 4.90 Å². The van der Waals surface area contributed by atoms with Crippen LogP contribution < -0.4 is 0 Å². The Morgan fingerprint density at radius 2 is 2.17 bits per heavy atom. The van der Waals surface area contributed by atoms with E-state index in [2.05, 4.69) is 15.3 Å². The highest BCUT2D eigenvalue weighted by atomic mass is 32.1. The van der Waals surface area contributed by atoms with Gasteiger partial charge in [-0.25, -0.2) is 9.37 Å². The summed E-state index contributed by atoms with van der Waals surface area (Å²) in [4.78, 5) is 6.89. The van der Waals surface area contributed by atoms with Crippen LogP contribution in [0, 0.1) is 12.7 Å². The quantitative estimate of drug-likeness (QED) is 0.841. The normalized spacial score (nSPS) is 19.8. The molecule has 1 atom stereocenters. The van der Waals surface area contributed by atoms with Crippen LogP contribution in [0.1, 0.15) is 28.7 Å². The fraction of sp³-hybridized carbons (Fsp3) is 0.357. The SMILES string of the molecule is Cc1csc(CN2CCC2c2ccc(F)cc2)n1. The lowest BCUT2D eigenvalue weighted by Crippen LogP contribution is -2.40. The number of likely N-dealkylation sites (tertiary alicyclic amines) is 1. The predicted octanol–water partition coefficient (Wildman–Crippen LogP) is 3.54. The van der Waals surface area contributed by atoms with E-state index < -0.39 is 0 Å². The Labute approximate surface area is 110 Å². The van der Waals surface area contributed by atoms with Crippen LogP contribution in [0.4, 0.5) is 4.39 Å². The highest BCUT2D eigenvalue weighted by molar-refractivity contribution is 7.09. The zero-order chi connectivity index (χ0) is 12.5. The fourth-order valence-corrected chi connectivity index (χ4v) is 3.14. The molecule has 0 saturated carbocycles. The van der Waals surface area contributed by atoms with Crippen LogP contribution in [-0.2, 0) is 6.54 Å². The Morgan fingerprint density at radius 1 is 1.39 bits per heavy atom. The Kier molecular flexibility index (Phi) is 3.14. The maximum absolute atomic E-state index is 12.9. The first-order chi connectivity index (χ1) is 8.72. The van der Waals surface area contributed by atoms with Crippen molar-refractivity contribution in [1.82, 2.24) is 9.88 Å². The average molecular weight is 262 g/mol. The van der Waals surface area contributed by atoms with Crippen molar-refractivity contribution in [3.8, 4) is 0 Å². The van der Waals surface area contributed by atoms with Crippen molar-refractivity contribution in [2.75, 3.05) is 6.54 Å². The predicted molar refractivity (Wildman–Crippen MR) is 71.0 cm³/mol. The molecular weight excluding hydrogens is 247 g/mol. The number of aromatic nitrogens is 1. The molecule has 2 aromatic rings. The largest absolute Gasteiger partial charge is 0.290 e. The number of hydrogen-bond acceptors (Lipinski definition) is 3. The summed E-state index contributed by atoms with van der Waals surface area (Å²) in [6.07, 6.45) is 1.15. The number of benzene rings is 1. The molecule has 1 aliphatic rings. The maximum atomic E-state index is 12.9. The molecule has 1 saturated heterocycles. The molecule has 2 heterocycles. The van der Waals surface area contributed by atoms with E-state index in [1.807, 2.05) is 19.1 Å². The minimum atomic E-state index is -0.167. The van der Waals surface area contributed by atoms with Gasteiger partial charge in [-0.1, -0.05) is 12.1 Å². The van der Waals surface area contributed by atoms with E-state index in [1.165, 1.54) is 10.6 Å². The second-order valence-corrected chi connectivity index (χ2v) is 5.65. The zero-order valence-corrected chi connectivity index (χ0v) is 11.1. The molecule has 3 rings (SSSR count). The molecule has 0 spiro atoms. The standard InChI is InChI=1S/C14H15FN2S/c1-10-9-18-14(16-10)8-17-7-6-13(17)11-2-4-12(15)5-3-11/h2-5,9,13H,6-8H2,1H3. The minimum absolute atomic E-state index is 0.167. The molecular formula is C14H15FN2S. The van der Waals surface area contributed by atoms with E-state index in [-0.39, 0.29) is 5.82 Å². The Hall–Kier alpha value is -1.26. The van der Waals surface area contributed by atoms with Gasteiger partial charge in [0.25, 0.3) is 0 Å². The van der Waals surface area contributed by atoms with E-state index in [1.54, 1.807) is 23.5 Å². The summed E-state index contributed by atoms with van der Waals surface area (Å²) in [5.41, 5.74) is 2.30. The third-order valence-corrected chi connectivity index (χ3v) is 4.34. The van der Waals surface area contributed by atoms with Gasteiger partial charge in [-0.15, -0.1) is 11.3 Å². The maximum Gasteiger partial charge on any atom is 0.123 e. The molecule has 94 valence electrons. The highest BCUT2D eigenvalue weighted by Gasteiger charge is 2.29. The first-order valence-corrected chi connectivity index (χ1v) is 7.01. The number of nitrogens with zero attached hydrogens (tertiary/aromatic N) is 2. The molecule has 0 amide bonds. The van der Waals surface area contributed by atoms with Crippen LogP contribution in [0.25, 0.3) is 0 Å². The van der Waals surface area contributed by atoms with E-state index in [9.17, 15) is 4.39 Å². The van der Waals surface area contributed by atoms with Crippen LogP contribution in [0.2, 0.25) is 0 Å². The summed E-state index contributed by atoms with van der Waals surface area (Å²) < 4.78 is 12.9. The molecule has 1 aromatic heterocycles. The molecule has 1 unspecified atom stereocenters. The van der Waals surface area contributed by atoms with Crippen LogP contribution in [0.5, 0.6) is 0 Å². The van der Waals surface area contributed by atoms with Gasteiger partial charge < -0.3 is 0 Å². The van der Waals surface area contributed by atoms with Crippen molar-refractivity contribution in [3.05, 3.63) is 51.7 Å². The van der Waals surface area contributed by atoms with E-state index in [0.29, 0.717) is 6.04 Å². The molecule has 1 aliphatic heterocycles. The lowest BCUT2D eigenvalue weighted by Gasteiger charge is -2.40. The smallest absolute Gasteiger partial charge is 0.123 e. The van der Waals surface area contributed by atoms with Gasteiger partial charge in [0.05, 0.1) is 6.54 Å². The Balaban J connectivity index is 1.70. The molecule has 1 fully saturated rings. The van der Waals surface area contributed by atoms with E-state index in [0.717, 1.165) is 25.2 Å². The van der Waals surface area contributed by atoms with Gasteiger partial charge in [0.1, 0.15) is 10.8 Å². The van der Waals surface area contributed by atoms with Crippen molar-refractivity contribution < 1.29 is 4.39 Å². The molecule has 1 aromatic carbocycles. The number of aryl methyl sites for hydroxylation is 1. The monoisotopic (exact) mass is 262 g/mol. The molecule has 18 heavy (non-hydrogen) atoms. The highest BCUT2D eigenvalue weighted by Crippen LogP contribution is 2.34. The van der Waals surface area contributed by atoms with Gasteiger partial charge in [0.2, 0.25) is 0 Å². The molecule has 0 aliphatic carbocycles. The van der Waals surface area contributed by atoms with Crippen molar-refractivity contribution in [2.45, 2.75) is 25.9 Å². The van der Waals surface area contributed by atoms with Gasteiger partial charge in [-0.2, -0.15) is 0 Å². The minimum Gasteiger partial charge on any atom is -0.290 e. The van der Waals surface area contributed by atoms with Gasteiger partial charge in [0.15, 0.2) is 0 Å². The average Bonchev–Trinajstić information content (AvgIpc) is 2.74. The molecule has 0 bridgehead atoms. The Bertz CT molecular complexity index is 535. The lowest BCUT2D eigenvalue weighted by atomic mass is 9.95. The van der Waals surface area contributed by atoms with Gasteiger partial charge >= 0.3 is 0 Å². The number of halogens is 1. The number of thiazole rings is 1. The topological polar surface area (TPSA) is 16.1 Å². The third-order valence-electron chi connectivity index (χ3n) is 3.39. The Morgan fingerprint density at radius 3 is 2.72 bits per heavy atom. The van der Waals surface area contributed by atoms with Crippen LogP contribution in [0.3, 0.4) is 0 Å². The molecule has 4 heteroatoms.